The zero-order valence-electron chi connectivity index (χ0n) is 11.8. The topological polar surface area (TPSA) is 81.7 Å². The molecule has 1 heterocycles. The normalized spacial score (nSPS) is 18.8. The van der Waals surface area contributed by atoms with Crippen molar-refractivity contribution in [3.05, 3.63) is 0 Å². The summed E-state index contributed by atoms with van der Waals surface area (Å²) in [6.45, 7) is 3.95. The SMILES string of the molecule is CCCC(CC(=O)O)NC(=O)NC1CCN(C)CC1. The lowest BCUT2D eigenvalue weighted by atomic mass is 10.1. The molecule has 2 amide bonds. The molecule has 0 aliphatic carbocycles. The Labute approximate surface area is 114 Å². The monoisotopic (exact) mass is 271 g/mol. The van der Waals surface area contributed by atoms with Crippen molar-refractivity contribution in [3.63, 3.8) is 0 Å². The quantitative estimate of drug-likeness (QED) is 0.674. The lowest BCUT2D eigenvalue weighted by Crippen LogP contribution is -2.49. The highest BCUT2D eigenvalue weighted by atomic mass is 16.4. The lowest BCUT2D eigenvalue weighted by molar-refractivity contribution is -0.137. The van der Waals surface area contributed by atoms with Crippen molar-refractivity contribution >= 4 is 12.0 Å². The molecule has 1 atom stereocenters. The minimum atomic E-state index is -0.877. The van der Waals surface area contributed by atoms with E-state index >= 15 is 0 Å². The van der Waals surface area contributed by atoms with Gasteiger partial charge < -0.3 is 20.6 Å². The molecule has 0 aromatic carbocycles. The molecule has 0 bridgehead atoms. The van der Waals surface area contributed by atoms with Gasteiger partial charge in [-0.3, -0.25) is 4.79 Å². The van der Waals surface area contributed by atoms with E-state index in [0.29, 0.717) is 6.42 Å². The summed E-state index contributed by atoms with van der Waals surface area (Å²) in [5, 5.41) is 14.5. The third kappa shape index (κ3) is 6.42. The zero-order valence-corrected chi connectivity index (χ0v) is 11.8. The summed E-state index contributed by atoms with van der Waals surface area (Å²) in [5.41, 5.74) is 0. The first-order valence-electron chi connectivity index (χ1n) is 6.98. The highest BCUT2D eigenvalue weighted by Crippen LogP contribution is 2.08. The van der Waals surface area contributed by atoms with Crippen molar-refractivity contribution in [1.82, 2.24) is 15.5 Å². The van der Waals surface area contributed by atoms with Gasteiger partial charge in [-0.1, -0.05) is 13.3 Å². The highest BCUT2D eigenvalue weighted by Gasteiger charge is 2.20. The van der Waals surface area contributed by atoms with Crippen molar-refractivity contribution in [3.8, 4) is 0 Å². The van der Waals surface area contributed by atoms with Crippen LogP contribution in [0.25, 0.3) is 0 Å². The number of urea groups is 1. The van der Waals surface area contributed by atoms with E-state index in [1.807, 2.05) is 6.92 Å². The van der Waals surface area contributed by atoms with E-state index in [-0.39, 0.29) is 24.5 Å². The number of hydrogen-bond acceptors (Lipinski definition) is 3. The number of carboxylic acids is 1. The first-order chi connectivity index (χ1) is 9.01. The van der Waals surface area contributed by atoms with Gasteiger partial charge >= 0.3 is 12.0 Å². The Kier molecular flexibility index (Phi) is 6.62. The molecule has 1 aliphatic rings. The molecule has 0 radical (unpaired) electrons. The molecule has 0 aromatic heterocycles. The van der Waals surface area contributed by atoms with E-state index in [9.17, 15) is 9.59 Å². The maximum atomic E-state index is 11.8. The Hall–Kier alpha value is -1.30. The van der Waals surface area contributed by atoms with Crippen molar-refractivity contribution in [1.29, 1.82) is 0 Å². The smallest absolute Gasteiger partial charge is 0.315 e. The van der Waals surface area contributed by atoms with Crippen LogP contribution in [0.3, 0.4) is 0 Å². The maximum absolute atomic E-state index is 11.8. The lowest BCUT2D eigenvalue weighted by Gasteiger charge is -2.30. The average Bonchev–Trinajstić information content (AvgIpc) is 2.31. The average molecular weight is 271 g/mol. The minimum Gasteiger partial charge on any atom is -0.481 e. The summed E-state index contributed by atoms with van der Waals surface area (Å²) in [5.74, 6) is -0.877. The Balaban J connectivity index is 2.33. The Morgan fingerprint density at radius 2 is 2.00 bits per heavy atom. The number of rotatable bonds is 6. The van der Waals surface area contributed by atoms with Gasteiger partial charge in [-0.15, -0.1) is 0 Å². The van der Waals surface area contributed by atoms with Gasteiger partial charge in [0.25, 0.3) is 0 Å². The molecule has 1 fully saturated rings. The number of nitrogens with zero attached hydrogens (tertiary/aromatic N) is 1. The number of aliphatic carboxylic acids is 1. The van der Waals surface area contributed by atoms with Crippen LogP contribution in [0.5, 0.6) is 0 Å². The van der Waals surface area contributed by atoms with Gasteiger partial charge in [-0.25, -0.2) is 4.79 Å². The number of carbonyl (C=O) groups is 2. The summed E-state index contributed by atoms with van der Waals surface area (Å²) in [4.78, 5) is 24.8. The zero-order chi connectivity index (χ0) is 14.3. The molecular formula is C13H25N3O3. The number of carbonyl (C=O) groups excluding carboxylic acids is 1. The van der Waals surface area contributed by atoms with E-state index in [1.54, 1.807) is 0 Å². The second kappa shape index (κ2) is 7.99. The van der Waals surface area contributed by atoms with Crippen LogP contribution in [0.1, 0.15) is 39.0 Å². The fraction of sp³-hybridized carbons (Fsp3) is 0.846. The molecule has 1 aliphatic heterocycles. The Bertz CT molecular complexity index is 302. The minimum absolute atomic E-state index is 0.0192. The molecule has 1 rings (SSSR count). The summed E-state index contributed by atoms with van der Waals surface area (Å²) >= 11 is 0. The maximum Gasteiger partial charge on any atom is 0.315 e. The van der Waals surface area contributed by atoms with Crippen LogP contribution in [0.4, 0.5) is 4.79 Å². The number of likely N-dealkylation sites (tertiary alicyclic amines) is 1. The molecule has 19 heavy (non-hydrogen) atoms. The summed E-state index contributed by atoms with van der Waals surface area (Å²) in [6.07, 6.45) is 3.41. The van der Waals surface area contributed by atoms with Gasteiger partial charge in [-0.2, -0.15) is 0 Å². The second-order valence-corrected chi connectivity index (χ2v) is 5.28. The fourth-order valence-electron chi connectivity index (χ4n) is 2.35. The first kappa shape index (κ1) is 15.8. The predicted molar refractivity (Wildman–Crippen MR) is 73.1 cm³/mol. The molecule has 0 saturated carbocycles. The van der Waals surface area contributed by atoms with Crippen LogP contribution < -0.4 is 10.6 Å². The van der Waals surface area contributed by atoms with E-state index < -0.39 is 5.97 Å². The summed E-state index contributed by atoms with van der Waals surface area (Å²) in [6, 6.07) is -0.327. The number of amides is 2. The van der Waals surface area contributed by atoms with E-state index in [0.717, 1.165) is 32.4 Å². The van der Waals surface area contributed by atoms with E-state index in [2.05, 4.69) is 22.6 Å². The van der Waals surface area contributed by atoms with Crippen molar-refractivity contribution in [2.45, 2.75) is 51.1 Å². The number of carboxylic acid groups (broad SMARTS) is 1. The third-order valence-electron chi connectivity index (χ3n) is 3.45. The van der Waals surface area contributed by atoms with Gasteiger partial charge in [0, 0.05) is 12.1 Å². The van der Waals surface area contributed by atoms with E-state index in [4.69, 9.17) is 5.11 Å². The molecule has 1 saturated heterocycles. The molecule has 0 spiro atoms. The van der Waals surface area contributed by atoms with Crippen molar-refractivity contribution in [2.24, 2.45) is 0 Å². The Morgan fingerprint density at radius 3 is 2.53 bits per heavy atom. The van der Waals surface area contributed by atoms with Gasteiger partial charge in [0.2, 0.25) is 0 Å². The molecular weight excluding hydrogens is 246 g/mol. The first-order valence-corrected chi connectivity index (χ1v) is 6.98. The van der Waals surface area contributed by atoms with Crippen molar-refractivity contribution < 1.29 is 14.7 Å². The summed E-state index contributed by atoms with van der Waals surface area (Å²) in [7, 11) is 2.07. The van der Waals surface area contributed by atoms with Gasteiger partial charge in [0.15, 0.2) is 0 Å². The molecule has 1 unspecified atom stereocenters. The number of piperidine rings is 1. The second-order valence-electron chi connectivity index (χ2n) is 5.28. The molecule has 110 valence electrons. The predicted octanol–water partition coefficient (Wildman–Crippen LogP) is 1.02. The third-order valence-corrected chi connectivity index (χ3v) is 3.45. The largest absolute Gasteiger partial charge is 0.481 e. The van der Waals surface area contributed by atoms with Crippen LogP contribution in [0, 0.1) is 0 Å². The summed E-state index contributed by atoms with van der Waals surface area (Å²) < 4.78 is 0. The number of nitrogens with one attached hydrogen (secondary N) is 2. The Morgan fingerprint density at radius 1 is 1.37 bits per heavy atom. The molecule has 3 N–H and O–H groups in total. The van der Waals surface area contributed by atoms with Gasteiger partial charge in [0.05, 0.1) is 6.42 Å². The van der Waals surface area contributed by atoms with Crippen molar-refractivity contribution in [2.75, 3.05) is 20.1 Å². The van der Waals surface area contributed by atoms with E-state index in [1.165, 1.54) is 0 Å². The molecule has 6 nitrogen and oxygen atoms in total. The van der Waals surface area contributed by atoms with Crippen LogP contribution in [0.15, 0.2) is 0 Å². The number of hydrogen-bond donors (Lipinski definition) is 3. The van der Waals surface area contributed by atoms with Crippen LogP contribution in [-0.2, 0) is 4.79 Å². The standard InChI is InChI=1S/C13H25N3O3/c1-3-4-11(9-12(17)18)15-13(19)14-10-5-7-16(2)8-6-10/h10-11H,3-9H2,1-2H3,(H,17,18)(H2,14,15,19). The van der Waals surface area contributed by atoms with Gasteiger partial charge in [-0.05, 0) is 39.4 Å². The molecule has 6 heteroatoms. The van der Waals surface area contributed by atoms with Crippen LogP contribution in [-0.4, -0.2) is 54.2 Å². The molecule has 0 aromatic rings. The fourth-order valence-corrected chi connectivity index (χ4v) is 2.35. The van der Waals surface area contributed by atoms with Gasteiger partial charge in [0.1, 0.15) is 0 Å². The van der Waals surface area contributed by atoms with Crippen LogP contribution in [0.2, 0.25) is 0 Å². The van der Waals surface area contributed by atoms with Crippen LogP contribution >= 0.6 is 0 Å². The highest BCUT2D eigenvalue weighted by molar-refractivity contribution is 5.76.